The van der Waals surface area contributed by atoms with Crippen molar-refractivity contribution in [2.45, 2.75) is 46.6 Å². The van der Waals surface area contributed by atoms with Crippen LogP contribution in [0.2, 0.25) is 0 Å². The number of rotatable bonds is 9. The molecule has 4 aromatic rings. The summed E-state index contributed by atoms with van der Waals surface area (Å²) in [5.74, 6) is 1.46. The Kier molecular flexibility index (Phi) is 9.04. The minimum atomic E-state index is -0.447. The summed E-state index contributed by atoms with van der Waals surface area (Å²) in [6.07, 6.45) is 1.38. The van der Waals surface area contributed by atoms with E-state index in [1.54, 1.807) is 57.5 Å². The summed E-state index contributed by atoms with van der Waals surface area (Å²) in [4.78, 5) is 30.3. The number of hydrogen-bond acceptors (Lipinski definition) is 7. The van der Waals surface area contributed by atoms with Gasteiger partial charge in [-0.2, -0.15) is 9.78 Å². The van der Waals surface area contributed by atoms with Gasteiger partial charge >= 0.3 is 5.97 Å². The van der Waals surface area contributed by atoms with Crippen molar-refractivity contribution in [3.05, 3.63) is 86.1 Å². The number of carbonyl (C=O) groups is 1. The molecule has 9 heteroatoms. The largest absolute Gasteiger partial charge is 0.496 e. The van der Waals surface area contributed by atoms with E-state index in [0.717, 1.165) is 22.4 Å². The fourth-order valence-electron chi connectivity index (χ4n) is 4.24. The van der Waals surface area contributed by atoms with Crippen molar-refractivity contribution in [3.63, 3.8) is 0 Å². The van der Waals surface area contributed by atoms with Crippen LogP contribution in [0.3, 0.4) is 0 Å². The van der Waals surface area contributed by atoms with Gasteiger partial charge in [0.15, 0.2) is 12.4 Å². The number of esters is 1. The van der Waals surface area contributed by atoms with Gasteiger partial charge in [0.05, 0.1) is 34.8 Å². The molecular formula is C31H32BrN3O5. The number of carbonyl (C=O) groups excluding carboxylic acids is 1. The third-order valence-corrected chi connectivity index (χ3v) is 6.80. The molecule has 208 valence electrons. The maximum absolute atomic E-state index is 13.7. The molecule has 0 saturated heterocycles. The van der Waals surface area contributed by atoms with E-state index in [9.17, 15) is 9.59 Å². The Balaban J connectivity index is 1.76. The van der Waals surface area contributed by atoms with Crippen molar-refractivity contribution in [3.8, 4) is 22.9 Å². The van der Waals surface area contributed by atoms with Gasteiger partial charge in [-0.3, -0.25) is 4.79 Å². The highest BCUT2D eigenvalue weighted by molar-refractivity contribution is 9.10. The van der Waals surface area contributed by atoms with Crippen LogP contribution in [-0.2, 0) is 9.53 Å². The van der Waals surface area contributed by atoms with Gasteiger partial charge in [0.2, 0.25) is 0 Å². The molecular weight excluding hydrogens is 574 g/mol. The summed E-state index contributed by atoms with van der Waals surface area (Å²) in [7, 11) is 1.65. The third kappa shape index (κ3) is 6.42. The number of nitrogens with zero attached hydrogens (tertiary/aromatic N) is 3. The number of hydrogen-bond donors (Lipinski definition) is 0. The van der Waals surface area contributed by atoms with Gasteiger partial charge in [-0.25, -0.2) is 9.78 Å². The van der Waals surface area contributed by atoms with Crippen LogP contribution in [0.15, 0.2) is 69.0 Å². The number of halogens is 1. The third-order valence-electron chi connectivity index (χ3n) is 6.18. The molecule has 0 saturated carbocycles. The lowest BCUT2D eigenvalue weighted by Gasteiger charge is -2.17. The number of benzene rings is 3. The standard InChI is InChI=1S/C31H32BrN3O5/c1-18(2)23-15-24(20(5)13-28(23)38-6)30-34-26-10-8-7-9-22(26)31(37)35(30)33-16-21-11-12-27(25(32)14-21)39-17-29(36)40-19(3)4/h7-16,18-19H,17H2,1-6H3. The molecule has 3 aromatic carbocycles. The zero-order chi connectivity index (χ0) is 29.0. The van der Waals surface area contributed by atoms with Crippen LogP contribution in [0, 0.1) is 6.92 Å². The van der Waals surface area contributed by atoms with Crippen LogP contribution < -0.4 is 15.0 Å². The first-order valence-corrected chi connectivity index (χ1v) is 13.7. The second kappa shape index (κ2) is 12.5. The quantitative estimate of drug-likeness (QED) is 0.160. The maximum Gasteiger partial charge on any atom is 0.344 e. The molecule has 0 unspecified atom stereocenters. The molecule has 0 bridgehead atoms. The van der Waals surface area contributed by atoms with Crippen molar-refractivity contribution in [2.75, 3.05) is 13.7 Å². The molecule has 0 N–H and O–H groups in total. The molecule has 0 atom stereocenters. The van der Waals surface area contributed by atoms with E-state index in [1.165, 1.54) is 4.68 Å². The molecule has 0 aliphatic heterocycles. The zero-order valence-electron chi connectivity index (χ0n) is 23.4. The van der Waals surface area contributed by atoms with E-state index in [2.05, 4.69) is 34.9 Å². The van der Waals surface area contributed by atoms with Crippen molar-refractivity contribution in [2.24, 2.45) is 5.10 Å². The molecule has 1 heterocycles. The van der Waals surface area contributed by atoms with Crippen LogP contribution in [0.25, 0.3) is 22.3 Å². The van der Waals surface area contributed by atoms with Gasteiger partial charge in [-0.05, 0) is 102 Å². The van der Waals surface area contributed by atoms with Crippen LogP contribution in [0.5, 0.6) is 11.5 Å². The second-order valence-electron chi connectivity index (χ2n) is 9.90. The molecule has 0 aliphatic carbocycles. The first-order chi connectivity index (χ1) is 19.1. The Labute approximate surface area is 241 Å². The Morgan fingerprint density at radius 1 is 1.07 bits per heavy atom. The summed E-state index contributed by atoms with van der Waals surface area (Å²) < 4.78 is 18.3. The van der Waals surface area contributed by atoms with Crippen molar-refractivity contribution in [1.82, 2.24) is 9.66 Å². The SMILES string of the molecule is COc1cc(C)c(-c2nc3ccccc3c(=O)n2N=Cc2ccc(OCC(=O)OC(C)C)c(Br)c2)cc1C(C)C. The normalized spacial score (nSPS) is 11.5. The fraction of sp³-hybridized carbons (Fsp3) is 0.290. The van der Waals surface area contributed by atoms with E-state index in [4.69, 9.17) is 19.2 Å². The lowest BCUT2D eigenvalue weighted by Crippen LogP contribution is -2.21. The average Bonchev–Trinajstić information content (AvgIpc) is 2.91. The Hall–Kier alpha value is -3.98. The second-order valence-corrected chi connectivity index (χ2v) is 10.7. The number of methoxy groups -OCH3 is 1. The van der Waals surface area contributed by atoms with E-state index in [-0.39, 0.29) is 24.2 Å². The predicted molar refractivity (Wildman–Crippen MR) is 161 cm³/mol. The van der Waals surface area contributed by atoms with Crippen LogP contribution in [0.4, 0.5) is 0 Å². The average molecular weight is 607 g/mol. The number of fused-ring (bicyclic) bond motifs is 1. The molecule has 1 aromatic heterocycles. The minimum absolute atomic E-state index is 0.198. The van der Waals surface area contributed by atoms with Gasteiger partial charge in [0, 0.05) is 5.56 Å². The zero-order valence-corrected chi connectivity index (χ0v) is 25.0. The Morgan fingerprint density at radius 3 is 2.50 bits per heavy atom. The van der Waals surface area contributed by atoms with Gasteiger partial charge in [0.1, 0.15) is 11.5 Å². The molecule has 0 radical (unpaired) electrons. The first-order valence-electron chi connectivity index (χ1n) is 13.0. The minimum Gasteiger partial charge on any atom is -0.496 e. The number of para-hydroxylation sites is 1. The summed E-state index contributed by atoms with van der Waals surface area (Å²) in [6, 6.07) is 16.5. The van der Waals surface area contributed by atoms with E-state index < -0.39 is 5.97 Å². The van der Waals surface area contributed by atoms with Crippen molar-refractivity contribution >= 4 is 39.0 Å². The van der Waals surface area contributed by atoms with Crippen LogP contribution >= 0.6 is 15.9 Å². The van der Waals surface area contributed by atoms with E-state index in [0.29, 0.717) is 32.5 Å². The molecule has 0 fully saturated rings. The van der Waals surface area contributed by atoms with Gasteiger partial charge < -0.3 is 14.2 Å². The highest BCUT2D eigenvalue weighted by Gasteiger charge is 2.18. The van der Waals surface area contributed by atoms with Crippen LogP contribution in [0.1, 0.15) is 50.3 Å². The van der Waals surface area contributed by atoms with E-state index in [1.807, 2.05) is 31.2 Å². The predicted octanol–water partition coefficient (Wildman–Crippen LogP) is 6.48. The lowest BCUT2D eigenvalue weighted by molar-refractivity contribution is -0.149. The van der Waals surface area contributed by atoms with E-state index >= 15 is 0 Å². The monoisotopic (exact) mass is 605 g/mol. The smallest absolute Gasteiger partial charge is 0.344 e. The number of aryl methyl sites for hydroxylation is 1. The van der Waals surface area contributed by atoms with Crippen LogP contribution in [-0.4, -0.2) is 41.7 Å². The molecule has 4 rings (SSSR count). The fourth-order valence-corrected chi connectivity index (χ4v) is 4.76. The maximum atomic E-state index is 13.7. The van der Waals surface area contributed by atoms with Gasteiger partial charge in [-0.1, -0.05) is 26.0 Å². The number of aromatic nitrogens is 2. The summed E-state index contributed by atoms with van der Waals surface area (Å²) in [5.41, 5.74) is 3.74. The highest BCUT2D eigenvalue weighted by atomic mass is 79.9. The summed E-state index contributed by atoms with van der Waals surface area (Å²) in [6.45, 7) is 9.50. The number of ether oxygens (including phenoxy) is 3. The summed E-state index contributed by atoms with van der Waals surface area (Å²) in [5, 5.41) is 5.06. The topological polar surface area (TPSA) is 92.0 Å². The van der Waals surface area contributed by atoms with Gasteiger partial charge in [-0.15, -0.1) is 0 Å². The highest BCUT2D eigenvalue weighted by Crippen LogP contribution is 2.34. The molecule has 0 amide bonds. The lowest BCUT2D eigenvalue weighted by atomic mass is 9.96. The molecule has 8 nitrogen and oxygen atoms in total. The summed E-state index contributed by atoms with van der Waals surface area (Å²) >= 11 is 3.49. The first kappa shape index (κ1) is 29.0. The molecule has 40 heavy (non-hydrogen) atoms. The Morgan fingerprint density at radius 2 is 1.82 bits per heavy atom. The van der Waals surface area contributed by atoms with Crippen molar-refractivity contribution < 1.29 is 19.0 Å². The Bertz CT molecular complexity index is 1640. The van der Waals surface area contributed by atoms with Gasteiger partial charge in [0.25, 0.3) is 5.56 Å². The molecule has 0 aliphatic rings. The molecule has 0 spiro atoms. The van der Waals surface area contributed by atoms with Crippen molar-refractivity contribution in [1.29, 1.82) is 0 Å².